The molecule has 86 valence electrons. The summed E-state index contributed by atoms with van der Waals surface area (Å²) in [6.45, 7) is 1.45. The van der Waals surface area contributed by atoms with Crippen LogP contribution >= 0.6 is 0 Å². The summed E-state index contributed by atoms with van der Waals surface area (Å²) in [5, 5.41) is 8.48. The molecular weight excluding hydrogens is 221 g/mol. The zero-order chi connectivity index (χ0) is 12.3. The number of alkyl halides is 3. The van der Waals surface area contributed by atoms with Crippen LogP contribution in [0, 0.1) is 0 Å². The van der Waals surface area contributed by atoms with Crippen LogP contribution in [0.1, 0.15) is 18.1 Å². The fourth-order valence-electron chi connectivity index (χ4n) is 1.21. The quantitative estimate of drug-likeness (QED) is 0.792. The second-order valence-corrected chi connectivity index (χ2v) is 3.24. The molecule has 0 saturated carbocycles. The normalized spacial score (nSPS) is 12.6. The van der Waals surface area contributed by atoms with Gasteiger partial charge < -0.3 is 5.11 Å². The molecule has 0 aromatic heterocycles. The van der Waals surface area contributed by atoms with Crippen molar-refractivity contribution in [3.8, 4) is 0 Å². The lowest BCUT2D eigenvalue weighted by Crippen LogP contribution is -2.05. The van der Waals surface area contributed by atoms with Crippen LogP contribution in [0.25, 0.3) is 5.57 Å². The highest BCUT2D eigenvalue weighted by atomic mass is 19.4. The van der Waals surface area contributed by atoms with Gasteiger partial charge in [0.25, 0.3) is 0 Å². The summed E-state index contributed by atoms with van der Waals surface area (Å²) in [6.07, 6.45) is -3.55. The fraction of sp³-hybridized carbons (Fsp3) is 0.182. The maximum Gasteiger partial charge on any atom is 0.416 e. The lowest BCUT2D eigenvalue weighted by molar-refractivity contribution is -0.137. The van der Waals surface area contributed by atoms with Crippen molar-refractivity contribution < 1.29 is 23.1 Å². The van der Waals surface area contributed by atoms with Gasteiger partial charge in [0.1, 0.15) is 0 Å². The predicted octanol–water partition coefficient (Wildman–Crippen LogP) is 3.19. The molecule has 0 spiro atoms. The number of carboxylic acid groups (broad SMARTS) is 1. The number of aliphatic carboxylic acids is 1. The summed E-state index contributed by atoms with van der Waals surface area (Å²) in [4.78, 5) is 10.4. The third kappa shape index (κ3) is 3.12. The van der Waals surface area contributed by atoms with Crippen LogP contribution in [0.2, 0.25) is 0 Å². The molecule has 0 unspecified atom stereocenters. The van der Waals surface area contributed by atoms with E-state index in [0.29, 0.717) is 0 Å². The molecule has 0 aliphatic heterocycles. The molecule has 0 heterocycles. The van der Waals surface area contributed by atoms with E-state index >= 15 is 0 Å². The molecule has 0 aliphatic carbocycles. The van der Waals surface area contributed by atoms with E-state index in [1.54, 1.807) is 0 Å². The third-order valence-electron chi connectivity index (χ3n) is 1.99. The maximum absolute atomic E-state index is 12.4. The number of hydrogen-bond donors (Lipinski definition) is 1. The third-order valence-corrected chi connectivity index (χ3v) is 1.99. The van der Waals surface area contributed by atoms with E-state index in [0.717, 1.165) is 18.2 Å². The van der Waals surface area contributed by atoms with Crippen LogP contribution in [0.3, 0.4) is 0 Å². The highest BCUT2D eigenvalue weighted by molar-refractivity contribution is 5.89. The zero-order valence-corrected chi connectivity index (χ0v) is 8.38. The van der Waals surface area contributed by atoms with Gasteiger partial charge in [-0.3, -0.25) is 0 Å². The van der Waals surface area contributed by atoms with E-state index < -0.39 is 17.7 Å². The minimum atomic E-state index is -4.42. The minimum absolute atomic E-state index is 0.247. The molecule has 1 N–H and O–H groups in total. The molecule has 1 aromatic rings. The van der Waals surface area contributed by atoms with Crippen LogP contribution < -0.4 is 0 Å². The Balaban J connectivity index is 3.13. The second kappa shape index (κ2) is 4.38. The Hall–Kier alpha value is -1.78. The van der Waals surface area contributed by atoms with Crippen molar-refractivity contribution in [2.45, 2.75) is 13.1 Å². The first-order valence-corrected chi connectivity index (χ1v) is 4.39. The molecule has 0 aliphatic rings. The molecule has 0 fully saturated rings. The standard InChI is InChI=1S/C11H9F3O2/c1-7(5-10(15)16)8-3-2-4-9(6-8)11(12,13)14/h2-6H,1H3,(H,15,16)/b7-5+. The van der Waals surface area contributed by atoms with Crippen molar-refractivity contribution in [3.63, 3.8) is 0 Å². The molecule has 0 saturated heterocycles. The first-order valence-electron chi connectivity index (χ1n) is 4.39. The van der Waals surface area contributed by atoms with Crippen molar-refractivity contribution in [2.24, 2.45) is 0 Å². The van der Waals surface area contributed by atoms with Crippen molar-refractivity contribution in [1.82, 2.24) is 0 Å². The Bertz CT molecular complexity index is 433. The summed E-state index contributed by atoms with van der Waals surface area (Å²) in [6, 6.07) is 4.55. The monoisotopic (exact) mass is 230 g/mol. The molecule has 5 heteroatoms. The Labute approximate surface area is 90.0 Å². The highest BCUT2D eigenvalue weighted by Gasteiger charge is 2.30. The molecule has 16 heavy (non-hydrogen) atoms. The van der Waals surface area contributed by atoms with Crippen LogP contribution in [-0.4, -0.2) is 11.1 Å². The van der Waals surface area contributed by atoms with E-state index in [-0.39, 0.29) is 11.1 Å². The smallest absolute Gasteiger partial charge is 0.416 e. The average molecular weight is 230 g/mol. The molecular formula is C11H9F3O2. The van der Waals surface area contributed by atoms with Gasteiger partial charge >= 0.3 is 12.1 Å². The van der Waals surface area contributed by atoms with E-state index in [1.165, 1.54) is 19.1 Å². The number of rotatable bonds is 2. The molecule has 1 rings (SSSR count). The summed E-state index contributed by atoms with van der Waals surface area (Å²) < 4.78 is 37.1. The number of hydrogen-bond acceptors (Lipinski definition) is 1. The van der Waals surface area contributed by atoms with E-state index in [1.807, 2.05) is 0 Å². The second-order valence-electron chi connectivity index (χ2n) is 3.24. The number of benzene rings is 1. The van der Waals surface area contributed by atoms with Crippen molar-refractivity contribution >= 4 is 11.5 Å². The lowest BCUT2D eigenvalue weighted by atomic mass is 10.0. The average Bonchev–Trinajstić information content (AvgIpc) is 2.15. The van der Waals surface area contributed by atoms with Crippen LogP contribution in [-0.2, 0) is 11.0 Å². The Morgan fingerprint density at radius 1 is 1.38 bits per heavy atom. The topological polar surface area (TPSA) is 37.3 Å². The van der Waals surface area contributed by atoms with Crippen molar-refractivity contribution in [2.75, 3.05) is 0 Å². The Morgan fingerprint density at radius 2 is 2.00 bits per heavy atom. The Morgan fingerprint density at radius 3 is 2.50 bits per heavy atom. The van der Waals surface area contributed by atoms with Gasteiger partial charge in [0, 0.05) is 6.08 Å². The minimum Gasteiger partial charge on any atom is -0.478 e. The van der Waals surface area contributed by atoms with E-state index in [4.69, 9.17) is 5.11 Å². The zero-order valence-electron chi connectivity index (χ0n) is 8.38. The molecule has 0 bridgehead atoms. The highest BCUT2D eigenvalue weighted by Crippen LogP contribution is 2.30. The van der Waals surface area contributed by atoms with Gasteiger partial charge in [0.15, 0.2) is 0 Å². The Kier molecular flexibility index (Phi) is 3.37. The summed E-state index contributed by atoms with van der Waals surface area (Å²) in [5.41, 5.74) is -0.265. The van der Waals surface area contributed by atoms with Gasteiger partial charge in [-0.2, -0.15) is 13.2 Å². The molecule has 0 atom stereocenters. The fourth-order valence-corrected chi connectivity index (χ4v) is 1.21. The number of allylic oxidation sites excluding steroid dienone is 1. The number of carbonyl (C=O) groups is 1. The van der Waals surface area contributed by atoms with Crippen molar-refractivity contribution in [1.29, 1.82) is 0 Å². The van der Waals surface area contributed by atoms with Gasteiger partial charge in [-0.05, 0) is 30.2 Å². The summed E-state index contributed by atoms with van der Waals surface area (Å²) in [5.74, 6) is -1.19. The molecule has 0 radical (unpaired) electrons. The summed E-state index contributed by atoms with van der Waals surface area (Å²) >= 11 is 0. The van der Waals surface area contributed by atoms with E-state index in [9.17, 15) is 18.0 Å². The van der Waals surface area contributed by atoms with Crippen molar-refractivity contribution in [3.05, 3.63) is 41.5 Å². The molecule has 0 amide bonds. The van der Waals surface area contributed by atoms with Gasteiger partial charge in [-0.15, -0.1) is 0 Å². The van der Waals surface area contributed by atoms with Gasteiger partial charge in [0.2, 0.25) is 0 Å². The van der Waals surface area contributed by atoms with Gasteiger partial charge in [-0.25, -0.2) is 4.79 Å². The lowest BCUT2D eigenvalue weighted by Gasteiger charge is -2.08. The van der Waals surface area contributed by atoms with Gasteiger partial charge in [-0.1, -0.05) is 12.1 Å². The first kappa shape index (κ1) is 12.3. The number of carboxylic acids is 1. The molecule has 2 nitrogen and oxygen atoms in total. The predicted molar refractivity (Wildman–Crippen MR) is 52.7 cm³/mol. The van der Waals surface area contributed by atoms with Crippen LogP contribution in [0.4, 0.5) is 13.2 Å². The molecule has 1 aromatic carbocycles. The van der Waals surface area contributed by atoms with Crippen LogP contribution in [0.15, 0.2) is 30.3 Å². The van der Waals surface area contributed by atoms with Crippen LogP contribution in [0.5, 0.6) is 0 Å². The van der Waals surface area contributed by atoms with Gasteiger partial charge in [0.05, 0.1) is 5.56 Å². The largest absolute Gasteiger partial charge is 0.478 e. The number of halogens is 3. The summed E-state index contributed by atoms with van der Waals surface area (Å²) in [7, 11) is 0. The van der Waals surface area contributed by atoms with E-state index in [2.05, 4.69) is 0 Å². The maximum atomic E-state index is 12.4. The first-order chi connectivity index (χ1) is 7.30. The SMILES string of the molecule is C/C(=C\C(=O)O)c1cccc(C(F)(F)F)c1.